The first kappa shape index (κ1) is 18.8. The third kappa shape index (κ3) is 4.98. The van der Waals surface area contributed by atoms with Gasteiger partial charge in [0.25, 0.3) is 5.91 Å². The monoisotopic (exact) mass is 351 g/mol. The molecule has 0 unspecified atom stereocenters. The summed E-state index contributed by atoms with van der Waals surface area (Å²) >= 11 is 0. The van der Waals surface area contributed by atoms with E-state index < -0.39 is 17.6 Å². The highest BCUT2D eigenvalue weighted by Gasteiger charge is 2.33. The molecule has 0 spiro atoms. The van der Waals surface area contributed by atoms with Crippen LogP contribution in [0.1, 0.15) is 22.3 Å². The minimum atomic E-state index is -4.45. The molecule has 0 aliphatic carbocycles. The molecule has 2 aromatic carbocycles. The molecule has 0 aliphatic rings. The molecule has 2 aromatic rings. The zero-order valence-electron chi connectivity index (χ0n) is 14.4. The summed E-state index contributed by atoms with van der Waals surface area (Å²) < 4.78 is 44.5. The van der Waals surface area contributed by atoms with Crippen molar-refractivity contribution in [1.29, 1.82) is 0 Å². The highest BCUT2D eigenvalue weighted by atomic mass is 19.4. The van der Waals surface area contributed by atoms with Crippen molar-refractivity contribution in [3.63, 3.8) is 0 Å². The fourth-order valence-electron chi connectivity index (χ4n) is 2.34. The van der Waals surface area contributed by atoms with E-state index in [1.807, 2.05) is 26.0 Å². The van der Waals surface area contributed by atoms with Crippen LogP contribution in [0.15, 0.2) is 42.5 Å². The number of amides is 1. The number of alkyl halides is 3. The van der Waals surface area contributed by atoms with Crippen LogP contribution in [0.3, 0.4) is 0 Å². The van der Waals surface area contributed by atoms with Crippen molar-refractivity contribution in [2.45, 2.75) is 26.6 Å². The molecule has 0 N–H and O–H groups in total. The zero-order chi connectivity index (χ0) is 18.6. The first-order valence-corrected chi connectivity index (χ1v) is 7.77. The average molecular weight is 351 g/mol. The number of carbonyl (C=O) groups is 1. The van der Waals surface area contributed by atoms with Crippen LogP contribution < -0.4 is 4.74 Å². The van der Waals surface area contributed by atoms with E-state index in [0.717, 1.165) is 17.2 Å². The first-order chi connectivity index (χ1) is 11.7. The molecule has 1 amide bonds. The van der Waals surface area contributed by atoms with Crippen LogP contribution in [0, 0.1) is 13.8 Å². The number of aryl methyl sites for hydroxylation is 2. The second-order valence-electron chi connectivity index (χ2n) is 5.94. The smallest absolute Gasteiger partial charge is 0.416 e. The summed E-state index contributed by atoms with van der Waals surface area (Å²) in [6.45, 7) is 3.54. The maximum atomic E-state index is 13.0. The molecule has 0 heterocycles. The Bertz CT molecular complexity index is 757. The molecule has 0 atom stereocenters. The molecule has 0 bridgehead atoms. The van der Waals surface area contributed by atoms with Gasteiger partial charge in [0.05, 0.1) is 5.56 Å². The van der Waals surface area contributed by atoms with Crippen LogP contribution in [0.2, 0.25) is 0 Å². The SMILES string of the molecule is Cc1ccc(OCC(=O)N(C)Cc2ccccc2C(F)(F)F)cc1C. The Kier molecular flexibility index (Phi) is 5.72. The van der Waals surface area contributed by atoms with Gasteiger partial charge in [-0.3, -0.25) is 4.79 Å². The van der Waals surface area contributed by atoms with Gasteiger partial charge in [0.2, 0.25) is 0 Å². The molecule has 0 saturated heterocycles. The van der Waals surface area contributed by atoms with E-state index in [9.17, 15) is 18.0 Å². The lowest BCUT2D eigenvalue weighted by atomic mass is 10.1. The van der Waals surface area contributed by atoms with Gasteiger partial charge in [-0.25, -0.2) is 0 Å². The molecule has 134 valence electrons. The predicted molar refractivity (Wildman–Crippen MR) is 89.3 cm³/mol. The van der Waals surface area contributed by atoms with Gasteiger partial charge < -0.3 is 9.64 Å². The molecule has 3 nitrogen and oxygen atoms in total. The maximum Gasteiger partial charge on any atom is 0.416 e. The first-order valence-electron chi connectivity index (χ1n) is 7.77. The fraction of sp³-hybridized carbons (Fsp3) is 0.316. The third-order valence-corrected chi connectivity index (χ3v) is 4.00. The lowest BCUT2D eigenvalue weighted by molar-refractivity contribution is -0.140. The summed E-state index contributed by atoms with van der Waals surface area (Å²) in [5.41, 5.74) is 1.47. The maximum absolute atomic E-state index is 13.0. The highest BCUT2D eigenvalue weighted by molar-refractivity contribution is 5.77. The van der Waals surface area contributed by atoms with Gasteiger partial charge in [-0.2, -0.15) is 13.2 Å². The Balaban J connectivity index is 2.00. The van der Waals surface area contributed by atoms with Crippen LogP contribution >= 0.6 is 0 Å². The number of likely N-dealkylation sites (N-methyl/N-ethyl adjacent to an activating group) is 1. The van der Waals surface area contributed by atoms with E-state index in [0.29, 0.717) is 5.75 Å². The largest absolute Gasteiger partial charge is 0.484 e. The summed E-state index contributed by atoms with van der Waals surface area (Å²) in [6.07, 6.45) is -4.45. The van der Waals surface area contributed by atoms with Gasteiger partial charge in [-0.1, -0.05) is 24.3 Å². The Morgan fingerprint density at radius 3 is 2.40 bits per heavy atom. The Morgan fingerprint density at radius 2 is 1.76 bits per heavy atom. The van der Waals surface area contributed by atoms with Crippen LogP contribution in [-0.4, -0.2) is 24.5 Å². The van der Waals surface area contributed by atoms with E-state index in [1.165, 1.54) is 30.1 Å². The molecule has 6 heteroatoms. The number of hydrogen-bond acceptors (Lipinski definition) is 2. The standard InChI is InChI=1S/C19H20F3NO2/c1-13-8-9-16(10-14(13)2)25-12-18(24)23(3)11-15-6-4-5-7-17(15)19(20,21)22/h4-10H,11-12H2,1-3H3. The summed E-state index contributed by atoms with van der Waals surface area (Å²) in [6, 6.07) is 10.7. The van der Waals surface area contributed by atoms with Gasteiger partial charge in [0.1, 0.15) is 5.75 Å². The van der Waals surface area contributed by atoms with Crippen molar-refractivity contribution in [3.05, 3.63) is 64.7 Å². The van der Waals surface area contributed by atoms with E-state index in [-0.39, 0.29) is 18.7 Å². The summed E-state index contributed by atoms with van der Waals surface area (Å²) in [5, 5.41) is 0. The molecule has 25 heavy (non-hydrogen) atoms. The fourth-order valence-corrected chi connectivity index (χ4v) is 2.34. The lowest BCUT2D eigenvalue weighted by Gasteiger charge is -2.20. The number of benzene rings is 2. The number of ether oxygens (including phenoxy) is 1. The van der Waals surface area contributed by atoms with E-state index in [2.05, 4.69) is 0 Å². The normalized spacial score (nSPS) is 11.3. The number of hydrogen-bond donors (Lipinski definition) is 0. The van der Waals surface area contributed by atoms with Crippen LogP contribution in [-0.2, 0) is 17.5 Å². The van der Waals surface area contributed by atoms with Crippen LogP contribution in [0.25, 0.3) is 0 Å². The lowest BCUT2D eigenvalue weighted by Crippen LogP contribution is -2.31. The van der Waals surface area contributed by atoms with Crippen molar-refractivity contribution >= 4 is 5.91 Å². The Morgan fingerprint density at radius 1 is 1.08 bits per heavy atom. The van der Waals surface area contributed by atoms with Crippen molar-refractivity contribution in [2.24, 2.45) is 0 Å². The van der Waals surface area contributed by atoms with Crippen molar-refractivity contribution < 1.29 is 22.7 Å². The second kappa shape index (κ2) is 7.59. The van der Waals surface area contributed by atoms with Gasteiger partial charge >= 0.3 is 6.18 Å². The average Bonchev–Trinajstić information content (AvgIpc) is 2.55. The topological polar surface area (TPSA) is 29.5 Å². The summed E-state index contributed by atoms with van der Waals surface area (Å²) in [5.74, 6) is 0.163. The number of rotatable bonds is 5. The van der Waals surface area contributed by atoms with E-state index in [1.54, 1.807) is 6.07 Å². The molecule has 0 aliphatic heterocycles. The van der Waals surface area contributed by atoms with E-state index in [4.69, 9.17) is 4.74 Å². The Labute approximate surface area is 145 Å². The molecule has 0 radical (unpaired) electrons. The number of nitrogens with zero attached hydrogens (tertiary/aromatic N) is 1. The van der Waals surface area contributed by atoms with Crippen molar-refractivity contribution in [3.8, 4) is 5.75 Å². The number of carbonyl (C=O) groups excluding carboxylic acids is 1. The molecule has 2 rings (SSSR count). The van der Waals surface area contributed by atoms with Gasteiger partial charge in [-0.05, 0) is 48.7 Å². The zero-order valence-corrected chi connectivity index (χ0v) is 14.4. The minimum absolute atomic E-state index is 0.0528. The predicted octanol–water partition coefficient (Wildman–Crippen LogP) is 4.36. The van der Waals surface area contributed by atoms with Crippen LogP contribution in [0.4, 0.5) is 13.2 Å². The van der Waals surface area contributed by atoms with Gasteiger partial charge in [0.15, 0.2) is 6.61 Å². The molecular weight excluding hydrogens is 331 g/mol. The summed E-state index contributed by atoms with van der Waals surface area (Å²) in [7, 11) is 1.46. The summed E-state index contributed by atoms with van der Waals surface area (Å²) in [4.78, 5) is 13.4. The van der Waals surface area contributed by atoms with Gasteiger partial charge in [-0.15, -0.1) is 0 Å². The quantitative estimate of drug-likeness (QED) is 0.801. The minimum Gasteiger partial charge on any atom is -0.484 e. The number of halogens is 3. The Hall–Kier alpha value is -2.50. The molecule has 0 fully saturated rings. The van der Waals surface area contributed by atoms with Gasteiger partial charge in [0, 0.05) is 13.6 Å². The second-order valence-corrected chi connectivity index (χ2v) is 5.94. The van der Waals surface area contributed by atoms with Crippen molar-refractivity contribution in [1.82, 2.24) is 4.90 Å². The highest BCUT2D eigenvalue weighted by Crippen LogP contribution is 2.32. The van der Waals surface area contributed by atoms with Crippen molar-refractivity contribution in [2.75, 3.05) is 13.7 Å². The molecule has 0 aromatic heterocycles. The third-order valence-electron chi connectivity index (χ3n) is 4.00. The van der Waals surface area contributed by atoms with E-state index >= 15 is 0 Å². The van der Waals surface area contributed by atoms with Crippen LogP contribution in [0.5, 0.6) is 5.75 Å². The molecule has 0 saturated carbocycles. The molecular formula is C19H20F3NO2.